The van der Waals surface area contributed by atoms with Crippen LogP contribution >= 0.6 is 0 Å². The van der Waals surface area contributed by atoms with Crippen LogP contribution in [0, 0.1) is 6.92 Å². The number of amides is 3. The average Bonchev–Trinajstić information content (AvgIpc) is 3.08. The van der Waals surface area contributed by atoms with Crippen molar-refractivity contribution >= 4 is 23.3 Å². The van der Waals surface area contributed by atoms with Crippen molar-refractivity contribution in [1.82, 2.24) is 15.6 Å². The number of anilines is 2. The molecule has 26 heavy (non-hydrogen) atoms. The second-order valence-corrected chi connectivity index (χ2v) is 6.16. The lowest BCUT2D eigenvalue weighted by atomic mass is 10.1. The van der Waals surface area contributed by atoms with Gasteiger partial charge in [0.25, 0.3) is 5.91 Å². The minimum absolute atomic E-state index is 0.118. The minimum Gasteiger partial charge on any atom is -0.384 e. The van der Waals surface area contributed by atoms with Gasteiger partial charge in [-0.3, -0.25) is 14.7 Å². The van der Waals surface area contributed by atoms with Gasteiger partial charge in [0.15, 0.2) is 0 Å². The van der Waals surface area contributed by atoms with Crippen molar-refractivity contribution in [3.05, 3.63) is 53.9 Å². The van der Waals surface area contributed by atoms with Crippen molar-refractivity contribution in [1.29, 1.82) is 0 Å². The smallest absolute Gasteiger partial charge is 0.322 e. The van der Waals surface area contributed by atoms with Gasteiger partial charge < -0.3 is 16.0 Å². The highest BCUT2D eigenvalue weighted by molar-refractivity contribution is 5.99. The lowest BCUT2D eigenvalue weighted by Crippen LogP contribution is -2.29. The normalized spacial score (nSPS) is 13.4. The van der Waals surface area contributed by atoms with E-state index in [4.69, 9.17) is 0 Å². The molecule has 3 N–H and O–H groups in total. The number of urea groups is 1. The molecule has 0 spiro atoms. The third-order valence-corrected chi connectivity index (χ3v) is 4.25. The molecule has 7 heteroatoms. The summed E-state index contributed by atoms with van der Waals surface area (Å²) in [6.45, 7) is 4.49. The summed E-state index contributed by atoms with van der Waals surface area (Å²) in [6, 6.07) is 9.15. The SMILES string of the molecule is Cc1ccc(C(=O)NCCCNc2cccnc2)cc1N1CCNC1=O. The van der Waals surface area contributed by atoms with E-state index in [-0.39, 0.29) is 11.9 Å². The third-order valence-electron chi connectivity index (χ3n) is 4.25. The predicted molar refractivity (Wildman–Crippen MR) is 102 cm³/mol. The largest absolute Gasteiger partial charge is 0.384 e. The van der Waals surface area contributed by atoms with Gasteiger partial charge in [-0.25, -0.2) is 4.79 Å². The molecule has 0 bridgehead atoms. The summed E-state index contributed by atoms with van der Waals surface area (Å²) in [5.41, 5.74) is 3.28. The van der Waals surface area contributed by atoms with E-state index < -0.39 is 0 Å². The van der Waals surface area contributed by atoms with Crippen LogP contribution in [0.15, 0.2) is 42.7 Å². The first-order valence-electron chi connectivity index (χ1n) is 8.73. The molecule has 2 heterocycles. The van der Waals surface area contributed by atoms with Crippen molar-refractivity contribution in [2.75, 3.05) is 36.4 Å². The van der Waals surface area contributed by atoms with Crippen LogP contribution in [0.3, 0.4) is 0 Å². The summed E-state index contributed by atoms with van der Waals surface area (Å²) in [5.74, 6) is -0.132. The molecule has 7 nitrogen and oxygen atoms in total. The van der Waals surface area contributed by atoms with Crippen LogP contribution in [0.1, 0.15) is 22.3 Å². The van der Waals surface area contributed by atoms with Gasteiger partial charge in [-0.15, -0.1) is 0 Å². The van der Waals surface area contributed by atoms with Crippen molar-refractivity contribution in [2.24, 2.45) is 0 Å². The number of nitrogens with zero attached hydrogens (tertiary/aromatic N) is 2. The van der Waals surface area contributed by atoms with Gasteiger partial charge in [0.05, 0.1) is 5.69 Å². The number of rotatable bonds is 7. The Balaban J connectivity index is 1.51. The molecule has 1 fully saturated rings. The van der Waals surface area contributed by atoms with Gasteiger partial charge in [0, 0.05) is 49.8 Å². The second kappa shape index (κ2) is 8.33. The Morgan fingerprint density at radius 2 is 2.19 bits per heavy atom. The van der Waals surface area contributed by atoms with Crippen LogP contribution in [0.4, 0.5) is 16.2 Å². The van der Waals surface area contributed by atoms with Gasteiger partial charge in [0.1, 0.15) is 0 Å². The van der Waals surface area contributed by atoms with Gasteiger partial charge in [-0.2, -0.15) is 0 Å². The molecule has 1 aromatic carbocycles. The van der Waals surface area contributed by atoms with Gasteiger partial charge in [0.2, 0.25) is 0 Å². The molecule has 3 amide bonds. The molecule has 1 aromatic heterocycles. The van der Waals surface area contributed by atoms with Crippen LogP contribution in [0.5, 0.6) is 0 Å². The van der Waals surface area contributed by atoms with E-state index in [9.17, 15) is 9.59 Å². The number of benzene rings is 1. The number of aryl methyl sites for hydroxylation is 1. The lowest BCUT2D eigenvalue weighted by molar-refractivity contribution is 0.0953. The van der Waals surface area contributed by atoms with Crippen LogP contribution in [0.25, 0.3) is 0 Å². The fourth-order valence-electron chi connectivity index (χ4n) is 2.84. The Kier molecular flexibility index (Phi) is 5.68. The zero-order valence-corrected chi connectivity index (χ0v) is 14.8. The second-order valence-electron chi connectivity index (χ2n) is 6.16. The molecule has 0 saturated carbocycles. The summed E-state index contributed by atoms with van der Waals surface area (Å²) < 4.78 is 0. The highest BCUT2D eigenvalue weighted by atomic mass is 16.2. The summed E-state index contributed by atoms with van der Waals surface area (Å²) >= 11 is 0. The number of nitrogens with one attached hydrogen (secondary N) is 3. The van der Waals surface area contributed by atoms with Crippen molar-refractivity contribution in [2.45, 2.75) is 13.3 Å². The fourth-order valence-corrected chi connectivity index (χ4v) is 2.84. The maximum Gasteiger partial charge on any atom is 0.322 e. The molecule has 1 aliphatic rings. The molecule has 136 valence electrons. The first-order valence-corrected chi connectivity index (χ1v) is 8.73. The van der Waals surface area contributed by atoms with Crippen LogP contribution in [0.2, 0.25) is 0 Å². The maximum atomic E-state index is 12.4. The zero-order valence-electron chi connectivity index (χ0n) is 14.8. The van der Waals surface area contributed by atoms with Crippen LogP contribution in [-0.2, 0) is 0 Å². The van der Waals surface area contributed by atoms with Gasteiger partial charge in [-0.05, 0) is 43.2 Å². The molecule has 1 aliphatic heterocycles. The predicted octanol–water partition coefficient (Wildman–Crippen LogP) is 2.15. The maximum absolute atomic E-state index is 12.4. The highest BCUT2D eigenvalue weighted by Gasteiger charge is 2.23. The van der Waals surface area contributed by atoms with Crippen molar-refractivity contribution in [3.8, 4) is 0 Å². The molecular formula is C19H23N5O2. The standard InChI is InChI=1S/C19H23N5O2/c1-14-5-6-15(12-17(14)24-11-10-23-19(24)26)18(25)22-9-3-8-21-16-4-2-7-20-13-16/h2,4-7,12-13,21H,3,8-11H2,1H3,(H,22,25)(H,23,26). The first-order chi connectivity index (χ1) is 12.6. The Hall–Kier alpha value is -3.09. The minimum atomic E-state index is -0.132. The van der Waals surface area contributed by atoms with E-state index in [1.54, 1.807) is 29.4 Å². The Bertz CT molecular complexity index is 779. The number of carbonyl (C=O) groups excluding carboxylic acids is 2. The molecular weight excluding hydrogens is 330 g/mol. The molecule has 3 rings (SSSR count). The molecule has 0 aliphatic carbocycles. The number of hydrogen-bond acceptors (Lipinski definition) is 4. The van der Waals surface area contributed by atoms with E-state index in [1.807, 2.05) is 25.1 Å². The Morgan fingerprint density at radius 3 is 2.92 bits per heavy atom. The fraction of sp³-hybridized carbons (Fsp3) is 0.316. The Labute approximate surface area is 152 Å². The number of pyridine rings is 1. The summed E-state index contributed by atoms with van der Waals surface area (Å²) in [4.78, 5) is 30.0. The van der Waals surface area contributed by atoms with E-state index in [0.717, 1.165) is 29.9 Å². The van der Waals surface area contributed by atoms with Crippen molar-refractivity contribution < 1.29 is 9.59 Å². The Morgan fingerprint density at radius 1 is 1.31 bits per heavy atom. The van der Waals surface area contributed by atoms with Gasteiger partial charge in [-0.1, -0.05) is 6.07 Å². The molecule has 0 radical (unpaired) electrons. The average molecular weight is 353 g/mol. The van der Waals surface area contributed by atoms with Crippen LogP contribution in [-0.4, -0.2) is 43.1 Å². The zero-order chi connectivity index (χ0) is 18.4. The summed E-state index contributed by atoms with van der Waals surface area (Å²) in [5, 5.41) is 8.95. The van der Waals surface area contributed by atoms with Crippen LogP contribution < -0.4 is 20.9 Å². The van der Waals surface area contributed by atoms with E-state index >= 15 is 0 Å². The van der Waals surface area contributed by atoms with E-state index in [0.29, 0.717) is 25.2 Å². The molecule has 0 atom stereocenters. The van der Waals surface area contributed by atoms with Crippen molar-refractivity contribution in [3.63, 3.8) is 0 Å². The summed E-state index contributed by atoms with van der Waals surface area (Å²) in [6.07, 6.45) is 4.29. The van der Waals surface area contributed by atoms with E-state index in [2.05, 4.69) is 20.9 Å². The highest BCUT2D eigenvalue weighted by Crippen LogP contribution is 2.23. The lowest BCUT2D eigenvalue weighted by Gasteiger charge is -2.18. The van der Waals surface area contributed by atoms with Gasteiger partial charge >= 0.3 is 6.03 Å². The molecule has 0 unspecified atom stereocenters. The summed E-state index contributed by atoms with van der Waals surface area (Å²) in [7, 11) is 0. The number of carbonyl (C=O) groups is 2. The third kappa shape index (κ3) is 4.30. The van der Waals surface area contributed by atoms with E-state index in [1.165, 1.54) is 0 Å². The molecule has 2 aromatic rings. The first kappa shape index (κ1) is 17.7. The quantitative estimate of drug-likeness (QED) is 0.666. The number of hydrogen-bond donors (Lipinski definition) is 3. The number of aromatic nitrogens is 1. The topological polar surface area (TPSA) is 86.4 Å². The monoisotopic (exact) mass is 353 g/mol. The molecule has 1 saturated heterocycles.